The van der Waals surface area contributed by atoms with E-state index in [9.17, 15) is 0 Å². The Hall–Kier alpha value is -1.41. The van der Waals surface area contributed by atoms with E-state index in [-0.39, 0.29) is 0 Å². The molecular weight excluding hydrogens is 214 g/mol. The summed E-state index contributed by atoms with van der Waals surface area (Å²) in [6.45, 7) is 4.33. The quantitative estimate of drug-likeness (QED) is 0.669. The van der Waals surface area contributed by atoms with E-state index in [0.29, 0.717) is 0 Å². The topological polar surface area (TPSA) is 12.0 Å². The third-order valence-corrected chi connectivity index (χ3v) is 3.92. The van der Waals surface area contributed by atoms with Crippen LogP contribution in [-0.2, 0) is 0 Å². The molecule has 2 aromatic carbocycles. The molecule has 0 fully saturated rings. The van der Waals surface area contributed by atoms with E-state index in [1.165, 1.54) is 32.8 Å². The molecule has 16 heavy (non-hydrogen) atoms. The van der Waals surface area contributed by atoms with Crippen molar-refractivity contribution in [2.45, 2.75) is 18.7 Å². The second-order valence-electron chi connectivity index (χ2n) is 4.15. The molecule has 0 bridgehead atoms. The zero-order chi connectivity index (χ0) is 11.1. The number of hydrogen-bond acceptors (Lipinski definition) is 2. The molecule has 0 saturated heterocycles. The molecule has 1 aliphatic rings. The van der Waals surface area contributed by atoms with Gasteiger partial charge in [-0.1, -0.05) is 30.3 Å². The molecule has 80 valence electrons. The first kappa shape index (κ1) is 9.79. The van der Waals surface area contributed by atoms with E-state index < -0.39 is 0 Å². The zero-order valence-electron chi connectivity index (χ0n) is 9.37. The van der Waals surface area contributed by atoms with Gasteiger partial charge in [-0.25, -0.2) is 0 Å². The average molecular weight is 227 g/mol. The van der Waals surface area contributed by atoms with Crippen LogP contribution in [0.25, 0.3) is 11.1 Å². The zero-order valence-corrected chi connectivity index (χ0v) is 10.2. The summed E-state index contributed by atoms with van der Waals surface area (Å²) in [5.41, 5.74) is 6.61. The maximum Gasteiger partial charge on any atom is 0.0554 e. The molecule has 0 spiro atoms. The van der Waals surface area contributed by atoms with Gasteiger partial charge < -0.3 is 4.72 Å². The van der Waals surface area contributed by atoms with E-state index in [4.69, 9.17) is 0 Å². The summed E-state index contributed by atoms with van der Waals surface area (Å²) in [6.07, 6.45) is 0. The first-order chi connectivity index (χ1) is 7.77. The van der Waals surface area contributed by atoms with Gasteiger partial charge in [0.1, 0.15) is 0 Å². The molecule has 1 nitrogen and oxygen atoms in total. The van der Waals surface area contributed by atoms with Gasteiger partial charge >= 0.3 is 0 Å². The van der Waals surface area contributed by atoms with E-state index in [0.717, 1.165) is 0 Å². The smallest absolute Gasteiger partial charge is 0.0554 e. The maximum atomic E-state index is 3.44. The standard InChI is InChI=1S/C14H13NS/c1-9-7-8-10(2)14-13(9)11-5-3-4-6-12(11)16-15-14/h3-8,15H,1-2H3. The van der Waals surface area contributed by atoms with Gasteiger partial charge in [-0.3, -0.25) is 0 Å². The van der Waals surface area contributed by atoms with Crippen LogP contribution in [0.4, 0.5) is 5.69 Å². The van der Waals surface area contributed by atoms with Gasteiger partial charge in [-0.15, -0.1) is 0 Å². The Morgan fingerprint density at radius 3 is 2.56 bits per heavy atom. The summed E-state index contributed by atoms with van der Waals surface area (Å²) in [5, 5.41) is 0. The Bertz CT molecular complexity index is 561. The van der Waals surface area contributed by atoms with E-state index in [1.807, 2.05) is 0 Å². The molecular formula is C14H13NS. The van der Waals surface area contributed by atoms with Crippen LogP contribution in [0.1, 0.15) is 11.1 Å². The predicted octanol–water partition coefficient (Wildman–Crippen LogP) is 4.40. The Morgan fingerprint density at radius 2 is 1.69 bits per heavy atom. The van der Waals surface area contributed by atoms with Gasteiger partial charge in [0.05, 0.1) is 5.69 Å². The van der Waals surface area contributed by atoms with Gasteiger partial charge in [0.25, 0.3) is 0 Å². The van der Waals surface area contributed by atoms with E-state index in [1.54, 1.807) is 11.9 Å². The molecule has 0 amide bonds. The van der Waals surface area contributed by atoms with Crippen LogP contribution in [0.5, 0.6) is 0 Å². The summed E-state index contributed by atoms with van der Waals surface area (Å²) < 4.78 is 3.44. The molecule has 0 atom stereocenters. The predicted molar refractivity (Wildman–Crippen MR) is 70.8 cm³/mol. The number of nitrogens with one attached hydrogen (secondary N) is 1. The maximum absolute atomic E-state index is 3.44. The van der Waals surface area contributed by atoms with Gasteiger partial charge in [-0.05, 0) is 48.6 Å². The third kappa shape index (κ3) is 1.34. The Balaban J connectivity index is 2.35. The number of anilines is 1. The largest absolute Gasteiger partial charge is 0.325 e. The van der Waals surface area contributed by atoms with Gasteiger partial charge in [-0.2, -0.15) is 0 Å². The van der Waals surface area contributed by atoms with Crippen molar-refractivity contribution in [2.75, 3.05) is 4.72 Å². The molecule has 2 heteroatoms. The van der Waals surface area contributed by atoms with Crippen molar-refractivity contribution in [3.63, 3.8) is 0 Å². The van der Waals surface area contributed by atoms with Gasteiger partial charge in [0.2, 0.25) is 0 Å². The molecule has 0 aliphatic carbocycles. The van der Waals surface area contributed by atoms with Crippen LogP contribution < -0.4 is 4.72 Å². The fraction of sp³-hybridized carbons (Fsp3) is 0.143. The van der Waals surface area contributed by atoms with Crippen molar-refractivity contribution in [3.05, 3.63) is 47.5 Å². The lowest BCUT2D eigenvalue weighted by Gasteiger charge is -2.23. The van der Waals surface area contributed by atoms with Crippen LogP contribution in [0.15, 0.2) is 41.3 Å². The lowest BCUT2D eigenvalue weighted by Crippen LogP contribution is -2.02. The molecule has 1 N–H and O–H groups in total. The number of aryl methyl sites for hydroxylation is 2. The summed E-state index contributed by atoms with van der Waals surface area (Å²) in [5.74, 6) is 0. The normalized spacial score (nSPS) is 12.6. The van der Waals surface area contributed by atoms with Crippen LogP contribution in [0.3, 0.4) is 0 Å². The van der Waals surface area contributed by atoms with Crippen LogP contribution in [0.2, 0.25) is 0 Å². The van der Waals surface area contributed by atoms with Crippen molar-refractivity contribution < 1.29 is 0 Å². The molecule has 3 rings (SSSR count). The monoisotopic (exact) mass is 227 g/mol. The fourth-order valence-electron chi connectivity index (χ4n) is 2.16. The van der Waals surface area contributed by atoms with Crippen LogP contribution in [-0.4, -0.2) is 0 Å². The molecule has 0 saturated carbocycles. The van der Waals surface area contributed by atoms with Gasteiger partial charge in [0.15, 0.2) is 0 Å². The summed E-state index contributed by atoms with van der Waals surface area (Å²) in [7, 11) is 0. The molecule has 0 radical (unpaired) electrons. The van der Waals surface area contributed by atoms with Crippen molar-refractivity contribution in [1.82, 2.24) is 0 Å². The second kappa shape index (κ2) is 3.56. The summed E-state index contributed by atoms with van der Waals surface area (Å²) in [4.78, 5) is 1.31. The molecule has 0 aromatic heterocycles. The third-order valence-electron chi connectivity index (χ3n) is 3.04. The number of hydrogen-bond donors (Lipinski definition) is 1. The van der Waals surface area contributed by atoms with Crippen molar-refractivity contribution in [1.29, 1.82) is 0 Å². The number of rotatable bonds is 0. The fourth-order valence-corrected chi connectivity index (χ4v) is 3.06. The average Bonchev–Trinajstić information content (AvgIpc) is 2.33. The highest BCUT2D eigenvalue weighted by molar-refractivity contribution is 8.00. The molecule has 1 aliphatic heterocycles. The lowest BCUT2D eigenvalue weighted by molar-refractivity contribution is 1.34. The lowest BCUT2D eigenvalue weighted by atomic mass is 9.96. The van der Waals surface area contributed by atoms with Crippen LogP contribution >= 0.6 is 11.9 Å². The Labute approximate surface area is 100 Å². The first-order valence-corrected chi connectivity index (χ1v) is 6.21. The van der Waals surface area contributed by atoms with Gasteiger partial charge in [0, 0.05) is 10.5 Å². The Morgan fingerprint density at radius 1 is 0.938 bits per heavy atom. The first-order valence-electron chi connectivity index (χ1n) is 5.40. The minimum absolute atomic E-state index is 1.27. The Kier molecular flexibility index (Phi) is 2.18. The van der Waals surface area contributed by atoms with E-state index >= 15 is 0 Å². The van der Waals surface area contributed by atoms with Crippen molar-refractivity contribution in [3.8, 4) is 11.1 Å². The summed E-state index contributed by atoms with van der Waals surface area (Å²) >= 11 is 1.70. The number of benzene rings is 2. The molecule has 2 aromatic rings. The second-order valence-corrected chi connectivity index (χ2v) is 5.00. The summed E-state index contributed by atoms with van der Waals surface area (Å²) in [6, 6.07) is 12.9. The molecule has 0 unspecified atom stereocenters. The minimum Gasteiger partial charge on any atom is -0.325 e. The van der Waals surface area contributed by atoms with Crippen molar-refractivity contribution >= 4 is 17.6 Å². The van der Waals surface area contributed by atoms with Crippen LogP contribution in [0, 0.1) is 13.8 Å². The highest BCUT2D eigenvalue weighted by Gasteiger charge is 2.18. The molecule has 1 heterocycles. The minimum atomic E-state index is 1.27. The van der Waals surface area contributed by atoms with Crippen molar-refractivity contribution in [2.24, 2.45) is 0 Å². The number of fused-ring (bicyclic) bond motifs is 3. The van der Waals surface area contributed by atoms with E-state index in [2.05, 4.69) is 55.0 Å². The highest BCUT2D eigenvalue weighted by atomic mass is 32.2. The SMILES string of the molecule is Cc1ccc(C)c2c1NSc1ccccc1-2. The highest BCUT2D eigenvalue weighted by Crippen LogP contribution is 2.44.